The van der Waals surface area contributed by atoms with Gasteiger partial charge in [0.15, 0.2) is 0 Å². The predicted molar refractivity (Wildman–Crippen MR) is 441 cm³/mol. The van der Waals surface area contributed by atoms with E-state index in [4.69, 9.17) is 9.90 Å². The number of hydrogen-bond acceptors (Lipinski definition) is 3. The molecule has 0 aliphatic carbocycles. The first-order chi connectivity index (χ1) is 58.3. The zero-order valence-electron chi connectivity index (χ0n) is 75.6. The monoisotopic (exact) mass is 1350 g/mol. The molecular weight excluding hydrogens is 1260 g/mol. The summed E-state index contributed by atoms with van der Waals surface area (Å²) in [6, 6.07) is 64.2. The first kappa shape index (κ1) is 45.3. The van der Waals surface area contributed by atoms with Crippen molar-refractivity contribution in [1.29, 1.82) is 0 Å². The van der Waals surface area contributed by atoms with E-state index in [1.54, 1.807) is 12.1 Å². The normalized spacial score (nSPS) is 15.3. The van der Waals surface area contributed by atoms with E-state index in [1.807, 2.05) is 121 Å². The highest BCUT2D eigenvalue weighted by Crippen LogP contribution is 2.56. The fourth-order valence-corrected chi connectivity index (χ4v) is 15.9. The Kier molecular flexibility index (Phi) is 10.2. The Morgan fingerprint density at radius 2 is 0.654 bits per heavy atom. The molecule has 0 amide bonds. The van der Waals surface area contributed by atoms with Crippen molar-refractivity contribution in [2.45, 2.75) is 52.4 Å². The lowest BCUT2D eigenvalue weighted by molar-refractivity contribution is 0.590. The molecule has 0 atom stereocenters. The van der Waals surface area contributed by atoms with Gasteiger partial charge in [0, 0.05) is 88.7 Å². The molecule has 18 aromatic rings. The summed E-state index contributed by atoms with van der Waals surface area (Å²) < 4.78 is 185. The number of nitrogens with zero attached hydrogens (tertiary/aromatic N) is 4. The summed E-state index contributed by atoms with van der Waals surface area (Å²) in [6.07, 6.45) is 0. The lowest BCUT2D eigenvalue weighted by atomic mass is 9.33. The quantitative estimate of drug-likeness (QED) is 0.135. The molecule has 5 nitrogen and oxygen atoms in total. The van der Waals surface area contributed by atoms with E-state index in [0.717, 1.165) is 72.0 Å². The van der Waals surface area contributed by atoms with Gasteiger partial charge in [-0.25, -0.2) is 0 Å². The van der Waals surface area contributed by atoms with Gasteiger partial charge in [-0.2, -0.15) is 0 Å². The Labute approximate surface area is 631 Å². The average molecular weight is 1350 g/mol. The highest BCUT2D eigenvalue weighted by atomic mass is 16.3. The second-order valence-electron chi connectivity index (χ2n) is 29.0. The van der Waals surface area contributed by atoms with Crippen LogP contribution in [0.4, 0.5) is 34.1 Å². The first-order valence-corrected chi connectivity index (χ1v) is 34.9. The highest BCUT2D eigenvalue weighted by molar-refractivity contribution is 7.00. The number of anilines is 6. The Morgan fingerprint density at radius 3 is 1.04 bits per heavy atom. The van der Waals surface area contributed by atoms with Gasteiger partial charge in [-0.05, 0) is 175 Å². The van der Waals surface area contributed by atoms with Crippen LogP contribution in [0.15, 0.2) is 338 Å². The smallest absolute Gasteiger partial charge is 0.252 e. The van der Waals surface area contributed by atoms with Crippen LogP contribution in [0, 0.1) is 0 Å². The van der Waals surface area contributed by atoms with Gasteiger partial charge >= 0.3 is 0 Å². The molecule has 494 valence electrons. The summed E-state index contributed by atoms with van der Waals surface area (Å²) in [7, 11) is 0. The van der Waals surface area contributed by atoms with Crippen molar-refractivity contribution in [2.75, 3.05) is 9.80 Å². The van der Waals surface area contributed by atoms with E-state index >= 15 is 0 Å². The molecule has 3 aromatic heterocycles. The molecule has 0 N–H and O–H groups in total. The second kappa shape index (κ2) is 23.5. The van der Waals surface area contributed by atoms with Gasteiger partial charge in [-0.1, -0.05) is 272 Å². The van der Waals surface area contributed by atoms with Crippen molar-refractivity contribution in [1.82, 2.24) is 9.13 Å². The summed E-state index contributed by atoms with van der Waals surface area (Å²) in [5.74, 6) is 0. The number of furan rings is 1. The maximum Gasteiger partial charge on any atom is 0.252 e. The van der Waals surface area contributed by atoms with Gasteiger partial charge in [-0.15, -0.1) is 0 Å². The summed E-state index contributed by atoms with van der Waals surface area (Å²) in [6.45, 7) is 11.8. The van der Waals surface area contributed by atoms with E-state index in [0.29, 0.717) is 67.2 Å². The Hall–Kier alpha value is -12.6. The molecule has 0 spiro atoms. The molecule has 2 aliphatic heterocycles. The van der Waals surface area contributed by atoms with E-state index in [2.05, 4.69) is 142 Å². The highest BCUT2D eigenvalue weighted by Gasteiger charge is 2.46. The summed E-state index contributed by atoms with van der Waals surface area (Å²) in [5.41, 5.74) is 13.5. The average Bonchev–Trinajstić information content (AvgIpc) is 1.63. The third-order valence-electron chi connectivity index (χ3n) is 20.9. The fourth-order valence-electron chi connectivity index (χ4n) is 15.9. The Morgan fingerprint density at radius 1 is 0.298 bits per heavy atom. The molecule has 0 saturated carbocycles. The van der Waals surface area contributed by atoms with Gasteiger partial charge in [0.25, 0.3) is 6.71 Å². The summed E-state index contributed by atoms with van der Waals surface area (Å²) in [4.78, 5) is 4.35. The number of hydrogen-bond donors (Lipinski definition) is 0. The van der Waals surface area contributed by atoms with Gasteiger partial charge < -0.3 is 23.4 Å². The van der Waals surface area contributed by atoms with Crippen molar-refractivity contribution >= 4 is 123 Å². The number of aromatic nitrogens is 2. The molecule has 0 unspecified atom stereocenters. The Balaban J connectivity index is 1.05. The molecule has 5 heterocycles. The summed E-state index contributed by atoms with van der Waals surface area (Å²) >= 11 is 0. The molecule has 0 bridgehead atoms. The lowest BCUT2D eigenvalue weighted by Crippen LogP contribution is -2.61. The van der Waals surface area contributed by atoms with Crippen LogP contribution in [0.25, 0.3) is 133 Å². The SMILES string of the molecule is [2H]c1cc(-n2c3c([2H])c([2H])c([2H])c([2H])c3c3c([2H])c([2H])c([2H])c([2H])c32)cc2c1B1c3c([2H])cc(-n4c5c([2H])c([2H])c([2H])c([2H])c5c5c([2H])c([2H])c([2H])c([2H])c54)cc3N(c3c(-c4ccccc4)cc(C(C)(C)C)cc3-c3ccccc3)c3cc(-c4ccc5oc6ccccc6c5c4)cc(c31)N2c1c(-c2ccccc2)cc(C(C)(C)C)cc1-c1ccccc1. The van der Waals surface area contributed by atoms with Crippen molar-refractivity contribution < 1.29 is 29.1 Å². The van der Waals surface area contributed by atoms with Gasteiger partial charge in [-0.3, -0.25) is 0 Å². The molecule has 2 aliphatic rings. The number of benzene rings is 15. The van der Waals surface area contributed by atoms with Crippen molar-refractivity contribution in [3.63, 3.8) is 0 Å². The van der Waals surface area contributed by atoms with Crippen molar-refractivity contribution in [2.24, 2.45) is 0 Å². The molecular formula is C98H73BN4O. The molecule has 104 heavy (non-hydrogen) atoms. The van der Waals surface area contributed by atoms with Crippen molar-refractivity contribution in [3.05, 3.63) is 344 Å². The van der Waals surface area contributed by atoms with Crippen LogP contribution in [-0.2, 0) is 10.8 Å². The third-order valence-corrected chi connectivity index (χ3v) is 20.9. The van der Waals surface area contributed by atoms with Crippen LogP contribution in [0.5, 0.6) is 0 Å². The maximum atomic E-state index is 11.5. The molecule has 6 heteroatoms. The zero-order chi connectivity index (χ0) is 85.4. The minimum atomic E-state index is -1.20. The fraction of sp³-hybridized carbons (Fsp3) is 0.0816. The van der Waals surface area contributed by atoms with Gasteiger partial charge in [0.05, 0.1) is 58.1 Å². The predicted octanol–water partition coefficient (Wildman–Crippen LogP) is 24.8. The standard InChI is InChI=1S/C98H73BN4O/c1-97(2,3)68-56-77(62-29-11-7-12-30-62)95(78(57-68)63-31-13-8-14-32-63)102-88-60-70(100-84-42-24-19-37-72(84)73-38-20-25-43-85(73)100)48-50-82(88)99-83-51-49-71(101-86-44-26-21-39-74(86)75-40-22-27-45-87(75)101)61-89(83)103(91-55-67(54-90(102)94(91)99)66-47-52-93-81(53-66)76-41-23-28-46-92(76)104-93)96-79(64-33-15-9-16-34-64)58-69(98(4,5)6)59-80(96)65-35-17-10-18-36-65/h7-61H,1-6H3/i19D,20D,21D,22D,24D,25D,26D,27D,37D,38D,39D,40D,42D,43D,44D,45D,50D,51D. The molecule has 20 rings (SSSR count). The molecule has 0 fully saturated rings. The van der Waals surface area contributed by atoms with Gasteiger partial charge in [0.1, 0.15) is 11.2 Å². The van der Waals surface area contributed by atoms with E-state index < -0.39 is 114 Å². The van der Waals surface area contributed by atoms with Crippen LogP contribution < -0.4 is 26.2 Å². The van der Waals surface area contributed by atoms with E-state index in [-0.39, 0.29) is 67.1 Å². The van der Waals surface area contributed by atoms with Crippen LogP contribution in [-0.4, -0.2) is 15.8 Å². The van der Waals surface area contributed by atoms with Crippen molar-refractivity contribution in [3.8, 4) is 67.0 Å². The molecule has 0 saturated heterocycles. The minimum absolute atomic E-state index is 0.0818. The number of rotatable bonds is 9. The molecule has 0 radical (unpaired) electrons. The minimum Gasteiger partial charge on any atom is -0.456 e. The zero-order valence-corrected chi connectivity index (χ0v) is 57.6. The van der Waals surface area contributed by atoms with E-state index in [9.17, 15) is 19.2 Å². The van der Waals surface area contributed by atoms with Gasteiger partial charge in [0.2, 0.25) is 0 Å². The van der Waals surface area contributed by atoms with Crippen LogP contribution in [0.3, 0.4) is 0 Å². The van der Waals surface area contributed by atoms with Crippen LogP contribution >= 0.6 is 0 Å². The number of fused-ring (bicyclic) bond motifs is 13. The first-order valence-electron chi connectivity index (χ1n) is 43.9. The molecule has 15 aromatic carbocycles. The Bertz CT molecular complexity index is 6980. The van der Waals surface area contributed by atoms with Crippen LogP contribution in [0.1, 0.15) is 77.3 Å². The number of para-hydroxylation sites is 5. The largest absolute Gasteiger partial charge is 0.456 e. The second-order valence-corrected chi connectivity index (χ2v) is 29.0. The maximum absolute atomic E-state index is 11.5. The van der Waals surface area contributed by atoms with E-state index in [1.165, 1.54) is 9.13 Å². The topological polar surface area (TPSA) is 29.5 Å². The van der Waals surface area contributed by atoms with Crippen LogP contribution in [0.2, 0.25) is 0 Å². The lowest BCUT2D eigenvalue weighted by Gasteiger charge is -2.46. The summed E-state index contributed by atoms with van der Waals surface area (Å²) in [5, 5.41) is 1.01. The third kappa shape index (κ3) is 9.62.